The molecular formula is C22H48N2O4. The van der Waals surface area contributed by atoms with Crippen LogP contribution in [0.3, 0.4) is 0 Å². The Bertz CT molecular complexity index is 292. The molecule has 6 nitrogen and oxygen atoms in total. The van der Waals surface area contributed by atoms with Crippen LogP contribution in [0.4, 0.5) is 0 Å². The molecule has 0 heterocycles. The van der Waals surface area contributed by atoms with Gasteiger partial charge in [0.2, 0.25) is 0 Å². The number of carbonyl (C=O) groups is 1. The Morgan fingerprint density at radius 2 is 1.07 bits per heavy atom. The summed E-state index contributed by atoms with van der Waals surface area (Å²) in [5.41, 5.74) is 9.56. The fourth-order valence-electron chi connectivity index (χ4n) is 2.35. The predicted octanol–water partition coefficient (Wildman–Crippen LogP) is 3.98. The van der Waals surface area contributed by atoms with Crippen LogP contribution in [0.1, 0.15) is 96.8 Å². The number of carboxylic acids is 1. The normalized spacial score (nSPS) is 10.2. The van der Waals surface area contributed by atoms with Crippen LogP contribution < -0.4 is 11.5 Å². The average molecular weight is 405 g/mol. The first-order valence-corrected chi connectivity index (χ1v) is 11.1. The number of aliphatic hydroxyl groups excluding tert-OH is 2. The van der Waals surface area contributed by atoms with Gasteiger partial charge in [0.15, 0.2) is 0 Å². The van der Waals surface area contributed by atoms with Gasteiger partial charge in [-0.25, -0.2) is 0 Å². The van der Waals surface area contributed by atoms with E-state index in [1.54, 1.807) is 0 Å². The van der Waals surface area contributed by atoms with Crippen molar-refractivity contribution in [2.75, 3.05) is 26.3 Å². The molecule has 0 rings (SSSR count). The molecule has 28 heavy (non-hydrogen) atoms. The van der Waals surface area contributed by atoms with Crippen molar-refractivity contribution in [1.82, 2.24) is 0 Å². The zero-order valence-electron chi connectivity index (χ0n) is 18.3. The van der Waals surface area contributed by atoms with E-state index in [2.05, 4.69) is 19.1 Å². The lowest BCUT2D eigenvalue weighted by atomic mass is 10.1. The molecule has 0 aliphatic heterocycles. The third kappa shape index (κ3) is 44.5. The number of rotatable bonds is 17. The van der Waals surface area contributed by atoms with Gasteiger partial charge in [0.25, 0.3) is 0 Å². The summed E-state index contributed by atoms with van der Waals surface area (Å²) >= 11 is 0. The number of aliphatic carboxylic acids is 1. The summed E-state index contributed by atoms with van der Waals surface area (Å²) < 4.78 is 0. The highest BCUT2D eigenvalue weighted by Crippen LogP contribution is 2.09. The third-order valence-corrected chi connectivity index (χ3v) is 3.91. The Kier molecular flexibility index (Phi) is 38.1. The minimum atomic E-state index is -0.664. The van der Waals surface area contributed by atoms with Crippen LogP contribution in [0.5, 0.6) is 0 Å². The Labute approximate surface area is 173 Å². The number of hydrogen-bond acceptors (Lipinski definition) is 5. The monoisotopic (exact) mass is 404 g/mol. The molecule has 0 saturated heterocycles. The van der Waals surface area contributed by atoms with E-state index in [-0.39, 0.29) is 13.2 Å². The molecule has 0 amide bonds. The SMILES string of the molecule is CCCCCCCC/C=C\CCCCCCCC(=O)O.NCCO.NCCO. The van der Waals surface area contributed by atoms with Crippen molar-refractivity contribution in [3.8, 4) is 0 Å². The molecular weight excluding hydrogens is 356 g/mol. The number of aliphatic hydroxyl groups is 2. The van der Waals surface area contributed by atoms with Crippen LogP contribution in [0.15, 0.2) is 12.2 Å². The van der Waals surface area contributed by atoms with E-state index < -0.39 is 5.97 Å². The first kappa shape index (κ1) is 31.7. The summed E-state index contributed by atoms with van der Waals surface area (Å²) in [6.45, 7) is 3.20. The Morgan fingerprint density at radius 3 is 1.43 bits per heavy atom. The molecule has 0 unspecified atom stereocenters. The van der Waals surface area contributed by atoms with Gasteiger partial charge in [0, 0.05) is 19.5 Å². The van der Waals surface area contributed by atoms with Crippen molar-refractivity contribution in [3.05, 3.63) is 12.2 Å². The van der Waals surface area contributed by atoms with Gasteiger partial charge < -0.3 is 26.8 Å². The number of nitrogens with two attached hydrogens (primary N) is 2. The van der Waals surface area contributed by atoms with E-state index in [0.29, 0.717) is 19.5 Å². The Hall–Kier alpha value is -0.950. The van der Waals surface area contributed by atoms with E-state index in [1.807, 2.05) is 0 Å². The minimum absolute atomic E-state index is 0.0972. The van der Waals surface area contributed by atoms with Crippen LogP contribution in [-0.4, -0.2) is 47.6 Å². The van der Waals surface area contributed by atoms with Gasteiger partial charge in [0.1, 0.15) is 0 Å². The highest BCUT2D eigenvalue weighted by molar-refractivity contribution is 5.66. The number of hydrogen-bond donors (Lipinski definition) is 5. The molecule has 0 fully saturated rings. The molecule has 0 spiro atoms. The Balaban J connectivity index is -0.000000656. The second kappa shape index (κ2) is 33.6. The number of carboxylic acid groups (broad SMARTS) is 1. The van der Waals surface area contributed by atoms with Crippen molar-refractivity contribution in [1.29, 1.82) is 0 Å². The van der Waals surface area contributed by atoms with E-state index in [9.17, 15) is 4.79 Å². The standard InChI is InChI=1S/C18H34O2.2C2H7NO/c1-2-3-4-5-6-7-8-9-10-11-12-13-14-15-16-17-18(19)20;2*3-1-2-4/h9-10H,2-8,11-17H2,1H3,(H,19,20);2*4H,1-3H2/b10-9-;;. The molecule has 7 N–H and O–H groups in total. The van der Waals surface area contributed by atoms with Crippen molar-refractivity contribution in [2.24, 2.45) is 11.5 Å². The highest BCUT2D eigenvalue weighted by Gasteiger charge is 1.95. The summed E-state index contributed by atoms with van der Waals surface area (Å²) in [5, 5.41) is 24.0. The third-order valence-electron chi connectivity index (χ3n) is 3.91. The second-order valence-electron chi connectivity index (χ2n) is 6.75. The van der Waals surface area contributed by atoms with E-state index >= 15 is 0 Å². The Morgan fingerprint density at radius 1 is 0.714 bits per heavy atom. The number of allylic oxidation sites excluding steroid dienone is 2. The van der Waals surface area contributed by atoms with E-state index in [1.165, 1.54) is 70.6 Å². The summed E-state index contributed by atoms with van der Waals surface area (Å²) in [6.07, 6.45) is 21.2. The van der Waals surface area contributed by atoms with Crippen LogP contribution >= 0.6 is 0 Å². The molecule has 0 bridgehead atoms. The van der Waals surface area contributed by atoms with Crippen molar-refractivity contribution >= 4 is 5.97 Å². The minimum Gasteiger partial charge on any atom is -0.481 e. The van der Waals surface area contributed by atoms with E-state index in [4.69, 9.17) is 26.8 Å². The van der Waals surface area contributed by atoms with Gasteiger partial charge in [-0.3, -0.25) is 4.79 Å². The van der Waals surface area contributed by atoms with Gasteiger partial charge in [-0.1, -0.05) is 70.4 Å². The van der Waals surface area contributed by atoms with Crippen molar-refractivity contribution < 1.29 is 20.1 Å². The van der Waals surface area contributed by atoms with Gasteiger partial charge in [-0.05, 0) is 32.1 Å². The molecule has 170 valence electrons. The summed E-state index contributed by atoms with van der Waals surface area (Å²) in [7, 11) is 0. The van der Waals surface area contributed by atoms with Gasteiger partial charge in [0.05, 0.1) is 13.2 Å². The van der Waals surface area contributed by atoms with Crippen LogP contribution in [0.2, 0.25) is 0 Å². The summed E-state index contributed by atoms with van der Waals surface area (Å²) in [5.74, 6) is -0.664. The fourth-order valence-corrected chi connectivity index (χ4v) is 2.35. The topological polar surface area (TPSA) is 130 Å². The fraction of sp³-hybridized carbons (Fsp3) is 0.864. The quantitative estimate of drug-likeness (QED) is 0.184. The second-order valence-corrected chi connectivity index (χ2v) is 6.75. The summed E-state index contributed by atoms with van der Waals surface area (Å²) in [4.78, 5) is 10.3. The largest absolute Gasteiger partial charge is 0.481 e. The zero-order chi connectivity index (χ0) is 21.7. The average Bonchev–Trinajstić information content (AvgIpc) is 2.71. The molecule has 0 saturated carbocycles. The van der Waals surface area contributed by atoms with Gasteiger partial charge in [-0.15, -0.1) is 0 Å². The van der Waals surface area contributed by atoms with Gasteiger partial charge >= 0.3 is 5.97 Å². The maximum Gasteiger partial charge on any atom is 0.303 e. The number of unbranched alkanes of at least 4 members (excludes halogenated alkanes) is 11. The lowest BCUT2D eigenvalue weighted by molar-refractivity contribution is -0.137. The lowest BCUT2D eigenvalue weighted by Gasteiger charge is -1.99. The van der Waals surface area contributed by atoms with Gasteiger partial charge in [-0.2, -0.15) is 0 Å². The predicted molar refractivity (Wildman–Crippen MR) is 119 cm³/mol. The van der Waals surface area contributed by atoms with Crippen molar-refractivity contribution in [2.45, 2.75) is 96.8 Å². The van der Waals surface area contributed by atoms with Crippen molar-refractivity contribution in [3.63, 3.8) is 0 Å². The lowest BCUT2D eigenvalue weighted by Crippen LogP contribution is -2.02. The van der Waals surface area contributed by atoms with Crippen LogP contribution in [-0.2, 0) is 4.79 Å². The van der Waals surface area contributed by atoms with E-state index in [0.717, 1.165) is 12.8 Å². The molecule has 0 aliphatic carbocycles. The molecule has 0 aliphatic rings. The molecule has 0 aromatic rings. The van der Waals surface area contributed by atoms with Crippen LogP contribution in [0.25, 0.3) is 0 Å². The molecule has 0 aromatic heterocycles. The zero-order valence-corrected chi connectivity index (χ0v) is 18.3. The molecule has 0 aromatic carbocycles. The molecule has 6 heteroatoms. The maximum absolute atomic E-state index is 10.3. The summed E-state index contributed by atoms with van der Waals surface area (Å²) in [6, 6.07) is 0. The molecule has 0 atom stereocenters. The maximum atomic E-state index is 10.3. The molecule has 0 radical (unpaired) electrons. The highest BCUT2D eigenvalue weighted by atomic mass is 16.4. The van der Waals surface area contributed by atoms with Crippen LogP contribution in [0, 0.1) is 0 Å². The first-order valence-electron chi connectivity index (χ1n) is 11.1. The smallest absolute Gasteiger partial charge is 0.303 e. The first-order chi connectivity index (χ1) is 13.6.